The number of imide groups is 1. The van der Waals surface area contributed by atoms with Gasteiger partial charge in [0.1, 0.15) is 17.4 Å². The number of piperidine rings is 2. The molecule has 7 aromatic rings. The Bertz CT molecular complexity index is 2510. The maximum Gasteiger partial charge on any atom is 0.249 e. The van der Waals surface area contributed by atoms with Crippen molar-refractivity contribution in [2.45, 2.75) is 50.9 Å². The number of likely N-dealkylation sites (tertiary alicyclic amines) is 1. The van der Waals surface area contributed by atoms with Crippen LogP contribution >= 0.6 is 0 Å². The van der Waals surface area contributed by atoms with Crippen LogP contribution in [0.15, 0.2) is 85.5 Å². The summed E-state index contributed by atoms with van der Waals surface area (Å²) in [4.78, 5) is 31.7. The number of carbonyl (C=O) groups excluding carboxylic acids is 2. The Morgan fingerprint density at radius 2 is 1.75 bits per heavy atom. The smallest absolute Gasteiger partial charge is 0.249 e. The molecule has 0 spiro atoms. The molecule has 0 aliphatic carbocycles. The normalized spacial score (nSPS) is 17.2. The van der Waals surface area contributed by atoms with Gasteiger partial charge in [-0.25, -0.2) is 9.67 Å². The fraction of sp³-hybridized carbons (Fsp3) is 0.263. The highest BCUT2D eigenvalue weighted by Crippen LogP contribution is 2.35. The Kier molecular flexibility index (Phi) is 8.11. The van der Waals surface area contributed by atoms with E-state index in [1.54, 1.807) is 30.6 Å². The molecule has 15 nitrogen and oxygen atoms in total. The van der Waals surface area contributed by atoms with E-state index in [-0.39, 0.29) is 23.6 Å². The van der Waals surface area contributed by atoms with E-state index in [1.807, 2.05) is 62.7 Å². The predicted molar refractivity (Wildman–Crippen MR) is 196 cm³/mol. The molecule has 1 atom stereocenters. The van der Waals surface area contributed by atoms with Gasteiger partial charge in [-0.1, -0.05) is 23.4 Å². The molecule has 1 unspecified atom stereocenters. The quantitative estimate of drug-likeness (QED) is 0.192. The monoisotopic (exact) mass is 708 g/mol. The van der Waals surface area contributed by atoms with Gasteiger partial charge in [-0.3, -0.25) is 24.5 Å². The van der Waals surface area contributed by atoms with Gasteiger partial charge in [0.15, 0.2) is 5.82 Å². The van der Waals surface area contributed by atoms with Gasteiger partial charge in [0.2, 0.25) is 11.8 Å². The topological polar surface area (TPSA) is 188 Å². The standard InChI is InChI=1S/C38H36N12O3/c39-36-29(17-31(44-45-36)28-4-1-2-6-34(28)51)24-18-41-49(20-24)26-11-14-47(15-12-26)21-25-22-48(46-43-25)19-23-7-8-32-30(16-23)27-5-3-13-40-37(27)50(32)33-9-10-35(52)42-38(33)53/h1-8,13,16-18,20,22,26,33,51H,9-12,14-15,19,21H2,(H2,39,45)(H,42,52,53). The van der Waals surface area contributed by atoms with Gasteiger partial charge < -0.3 is 15.4 Å². The van der Waals surface area contributed by atoms with Gasteiger partial charge in [0, 0.05) is 65.9 Å². The number of amides is 2. The fourth-order valence-corrected chi connectivity index (χ4v) is 7.64. The largest absolute Gasteiger partial charge is 0.507 e. The third-order valence-electron chi connectivity index (χ3n) is 10.3. The van der Waals surface area contributed by atoms with Gasteiger partial charge in [-0.15, -0.1) is 15.3 Å². The Labute approximate surface area is 303 Å². The molecular formula is C38H36N12O3. The molecule has 5 aromatic heterocycles. The van der Waals surface area contributed by atoms with Crippen LogP contribution in [0, 0.1) is 0 Å². The number of benzene rings is 2. The molecule has 266 valence electrons. The van der Waals surface area contributed by atoms with Crippen molar-refractivity contribution in [3.63, 3.8) is 0 Å². The molecule has 53 heavy (non-hydrogen) atoms. The van der Waals surface area contributed by atoms with Crippen LogP contribution < -0.4 is 11.1 Å². The molecule has 7 heterocycles. The highest BCUT2D eigenvalue weighted by Gasteiger charge is 2.31. The van der Waals surface area contributed by atoms with Crippen molar-refractivity contribution in [1.29, 1.82) is 0 Å². The number of phenols is 1. The summed E-state index contributed by atoms with van der Waals surface area (Å²) in [5.74, 6) is -0.0970. The Morgan fingerprint density at radius 1 is 0.887 bits per heavy atom. The van der Waals surface area contributed by atoms with Gasteiger partial charge in [-0.05, 0) is 67.3 Å². The number of nitrogens with one attached hydrogen (secondary N) is 1. The lowest BCUT2D eigenvalue weighted by Gasteiger charge is -2.31. The molecule has 2 fully saturated rings. The van der Waals surface area contributed by atoms with Crippen LogP contribution in [0.25, 0.3) is 44.3 Å². The number of nitrogens with zero attached hydrogens (tertiary/aromatic N) is 10. The highest BCUT2D eigenvalue weighted by molar-refractivity contribution is 6.09. The first kappa shape index (κ1) is 32.4. The van der Waals surface area contributed by atoms with E-state index in [4.69, 9.17) is 5.73 Å². The minimum absolute atomic E-state index is 0.132. The molecule has 2 saturated heterocycles. The van der Waals surface area contributed by atoms with Crippen LogP contribution in [0.3, 0.4) is 0 Å². The number of aromatic nitrogens is 9. The number of nitrogens with two attached hydrogens (primary N) is 1. The third-order valence-corrected chi connectivity index (χ3v) is 10.3. The number of rotatable bonds is 8. The summed E-state index contributed by atoms with van der Waals surface area (Å²) in [6.45, 7) is 3.04. The van der Waals surface area contributed by atoms with Gasteiger partial charge >= 0.3 is 0 Å². The van der Waals surface area contributed by atoms with E-state index >= 15 is 0 Å². The predicted octanol–water partition coefficient (Wildman–Crippen LogP) is 4.25. The number of phenolic OH excluding ortho intramolecular Hbond substituents is 1. The zero-order chi connectivity index (χ0) is 36.1. The second kappa shape index (κ2) is 13.2. The molecule has 0 saturated carbocycles. The number of hydrogen-bond acceptors (Lipinski definition) is 11. The maximum absolute atomic E-state index is 12.8. The summed E-state index contributed by atoms with van der Waals surface area (Å²) in [6.07, 6.45) is 10.1. The Morgan fingerprint density at radius 3 is 2.60 bits per heavy atom. The van der Waals surface area contributed by atoms with Crippen molar-refractivity contribution in [2.24, 2.45) is 0 Å². The molecule has 2 aromatic carbocycles. The highest BCUT2D eigenvalue weighted by atomic mass is 16.3. The molecule has 4 N–H and O–H groups in total. The van der Waals surface area contributed by atoms with Crippen LogP contribution in [0.5, 0.6) is 5.75 Å². The van der Waals surface area contributed by atoms with Crippen molar-refractivity contribution < 1.29 is 14.7 Å². The molecule has 15 heteroatoms. The zero-order valence-corrected chi connectivity index (χ0v) is 28.7. The van der Waals surface area contributed by atoms with Crippen molar-refractivity contribution in [1.82, 2.24) is 54.7 Å². The number of fused-ring (bicyclic) bond motifs is 3. The molecule has 9 rings (SSSR count). The van der Waals surface area contributed by atoms with Crippen LogP contribution in [-0.2, 0) is 22.7 Å². The SMILES string of the molecule is Nc1nnc(-c2ccccc2O)cc1-c1cnn(C2CCN(Cc3cn(Cc4ccc5c(c4)c4cccnc4n5C4CCC(=O)NC4=O)nn3)CC2)c1. The van der Waals surface area contributed by atoms with Crippen LogP contribution in [0.1, 0.15) is 49.0 Å². The zero-order valence-electron chi connectivity index (χ0n) is 28.7. The number of anilines is 1. The fourth-order valence-electron chi connectivity index (χ4n) is 7.64. The van der Waals surface area contributed by atoms with Gasteiger partial charge in [0.25, 0.3) is 0 Å². The molecule has 2 aliphatic heterocycles. The van der Waals surface area contributed by atoms with Gasteiger partial charge in [0.05, 0.1) is 41.9 Å². The summed E-state index contributed by atoms with van der Waals surface area (Å²) >= 11 is 0. The molecule has 2 aliphatic rings. The van der Waals surface area contributed by atoms with Crippen LogP contribution in [0.4, 0.5) is 5.82 Å². The molecule has 2 amide bonds. The molecule has 0 bridgehead atoms. The first-order chi connectivity index (χ1) is 25.9. The summed E-state index contributed by atoms with van der Waals surface area (Å²) in [5.41, 5.74) is 12.5. The number of nitrogen functional groups attached to an aromatic ring is 1. The number of aromatic hydroxyl groups is 1. The van der Waals surface area contributed by atoms with E-state index in [0.717, 1.165) is 70.3 Å². The molecular weight excluding hydrogens is 672 g/mol. The Balaban J connectivity index is 0.848. The van der Waals surface area contributed by atoms with Crippen LogP contribution in [-0.4, -0.2) is 79.4 Å². The molecule has 0 radical (unpaired) electrons. The van der Waals surface area contributed by atoms with Gasteiger partial charge in [-0.2, -0.15) is 5.10 Å². The summed E-state index contributed by atoms with van der Waals surface area (Å²) in [5, 5.41) is 36.7. The maximum atomic E-state index is 12.8. The summed E-state index contributed by atoms with van der Waals surface area (Å²) in [6, 6.07) is 18.7. The van der Waals surface area contributed by atoms with Crippen molar-refractivity contribution in [3.8, 4) is 28.1 Å². The van der Waals surface area contributed by atoms with Crippen molar-refractivity contribution in [3.05, 3.63) is 96.7 Å². The number of pyridine rings is 1. The lowest BCUT2D eigenvalue weighted by Crippen LogP contribution is -2.41. The average Bonchev–Trinajstić information content (AvgIpc) is 3.91. The minimum atomic E-state index is -0.497. The van der Waals surface area contributed by atoms with E-state index in [9.17, 15) is 14.7 Å². The van der Waals surface area contributed by atoms with Crippen LogP contribution in [0.2, 0.25) is 0 Å². The second-order valence-corrected chi connectivity index (χ2v) is 13.7. The first-order valence-corrected chi connectivity index (χ1v) is 17.7. The summed E-state index contributed by atoms with van der Waals surface area (Å²) in [7, 11) is 0. The Hall–Kier alpha value is -6.48. The van der Waals surface area contributed by atoms with Crippen molar-refractivity contribution >= 4 is 39.6 Å². The van der Waals surface area contributed by atoms with E-state index in [2.05, 4.69) is 46.9 Å². The lowest BCUT2D eigenvalue weighted by molar-refractivity contribution is -0.135. The van der Waals surface area contributed by atoms with E-state index in [1.165, 1.54) is 0 Å². The number of para-hydroxylation sites is 1. The van der Waals surface area contributed by atoms with E-state index in [0.29, 0.717) is 43.0 Å². The average molecular weight is 709 g/mol. The number of carbonyl (C=O) groups is 2. The third kappa shape index (κ3) is 6.14. The number of hydrogen-bond donors (Lipinski definition) is 3. The lowest BCUT2D eigenvalue weighted by atomic mass is 10.0. The first-order valence-electron chi connectivity index (χ1n) is 17.7. The summed E-state index contributed by atoms with van der Waals surface area (Å²) < 4.78 is 5.83. The van der Waals surface area contributed by atoms with Crippen molar-refractivity contribution in [2.75, 3.05) is 18.8 Å². The minimum Gasteiger partial charge on any atom is -0.507 e. The van der Waals surface area contributed by atoms with E-state index < -0.39 is 6.04 Å². The second-order valence-electron chi connectivity index (χ2n) is 13.7.